The number of hydrogen-bond donors (Lipinski definition) is 0. The van der Waals surface area contributed by atoms with Crippen LogP contribution in [0.15, 0.2) is 40.0 Å². The summed E-state index contributed by atoms with van der Waals surface area (Å²) in [7, 11) is 0. The van der Waals surface area contributed by atoms with Crippen LogP contribution in [0, 0.1) is 5.82 Å². The van der Waals surface area contributed by atoms with Crippen LogP contribution in [0.5, 0.6) is 5.75 Å². The van der Waals surface area contributed by atoms with E-state index in [2.05, 4.69) is 9.98 Å². The third-order valence-electron chi connectivity index (χ3n) is 2.32. The molecule has 1 aromatic rings. The highest BCUT2D eigenvalue weighted by molar-refractivity contribution is 6.26. The number of allylic oxidation sites excluding steroid dienone is 1. The molecule has 0 spiro atoms. The summed E-state index contributed by atoms with van der Waals surface area (Å²) in [6, 6.07) is 4.40. The third kappa shape index (κ3) is 1.26. The summed E-state index contributed by atoms with van der Waals surface area (Å²) >= 11 is 0. The van der Waals surface area contributed by atoms with Crippen molar-refractivity contribution in [1.29, 1.82) is 0 Å². The van der Waals surface area contributed by atoms with Crippen molar-refractivity contribution in [3.8, 4) is 5.75 Å². The van der Waals surface area contributed by atoms with E-state index in [-0.39, 0.29) is 5.82 Å². The first-order valence-corrected chi connectivity index (χ1v) is 4.56. The first-order chi connectivity index (χ1) is 7.34. The highest BCUT2D eigenvalue weighted by Crippen LogP contribution is 2.28. The van der Waals surface area contributed by atoms with Gasteiger partial charge in [-0.15, -0.1) is 0 Å². The molecule has 0 saturated carbocycles. The Bertz CT molecular complexity index is 517. The van der Waals surface area contributed by atoms with E-state index in [1.54, 1.807) is 18.5 Å². The molecule has 0 aromatic heterocycles. The summed E-state index contributed by atoms with van der Waals surface area (Å²) in [5.41, 5.74) is 2.24. The van der Waals surface area contributed by atoms with Crippen LogP contribution in [0.3, 0.4) is 0 Å². The summed E-state index contributed by atoms with van der Waals surface area (Å²) in [5, 5.41) is 0. The fourth-order valence-electron chi connectivity index (χ4n) is 1.65. The summed E-state index contributed by atoms with van der Waals surface area (Å²) < 4.78 is 18.4. The van der Waals surface area contributed by atoms with Crippen LogP contribution in [-0.2, 0) is 0 Å². The number of aliphatic imine (C=N–C) groups is 2. The SMILES string of the molecule is Fc1ccc2c(c1)C1=NCN=CC1=CO2. The van der Waals surface area contributed by atoms with Crippen LogP contribution >= 0.6 is 0 Å². The Balaban J connectivity index is 2.19. The lowest BCUT2D eigenvalue weighted by atomic mass is 10.0. The van der Waals surface area contributed by atoms with Crippen molar-refractivity contribution in [1.82, 2.24) is 0 Å². The van der Waals surface area contributed by atoms with Crippen LogP contribution in [0.2, 0.25) is 0 Å². The molecule has 0 radical (unpaired) electrons. The topological polar surface area (TPSA) is 34.0 Å². The molecule has 2 aliphatic heterocycles. The van der Waals surface area contributed by atoms with Gasteiger partial charge in [0, 0.05) is 11.8 Å². The van der Waals surface area contributed by atoms with E-state index in [9.17, 15) is 4.39 Å². The molecular weight excluding hydrogens is 195 g/mol. The molecule has 4 heteroatoms. The maximum Gasteiger partial charge on any atom is 0.136 e. The molecule has 0 fully saturated rings. The van der Waals surface area contributed by atoms with Crippen molar-refractivity contribution < 1.29 is 9.13 Å². The van der Waals surface area contributed by atoms with Gasteiger partial charge in [-0.1, -0.05) is 0 Å². The molecular formula is C11H7FN2O. The molecule has 74 valence electrons. The van der Waals surface area contributed by atoms with Crippen LogP contribution in [0.25, 0.3) is 0 Å². The van der Waals surface area contributed by atoms with Gasteiger partial charge in [0.1, 0.15) is 24.5 Å². The molecule has 0 amide bonds. The third-order valence-corrected chi connectivity index (χ3v) is 2.32. The maximum absolute atomic E-state index is 13.1. The zero-order valence-electron chi connectivity index (χ0n) is 7.77. The van der Waals surface area contributed by atoms with Crippen LogP contribution < -0.4 is 4.74 Å². The minimum Gasteiger partial charge on any atom is -0.464 e. The van der Waals surface area contributed by atoms with E-state index in [1.807, 2.05) is 0 Å². The average Bonchev–Trinajstić information content (AvgIpc) is 2.29. The second-order valence-electron chi connectivity index (χ2n) is 3.29. The molecule has 0 atom stereocenters. The van der Waals surface area contributed by atoms with Gasteiger partial charge in [-0.2, -0.15) is 0 Å². The smallest absolute Gasteiger partial charge is 0.136 e. The lowest BCUT2D eigenvalue weighted by molar-refractivity contribution is 0.472. The predicted molar refractivity (Wildman–Crippen MR) is 55.0 cm³/mol. The Morgan fingerprint density at radius 2 is 2.27 bits per heavy atom. The molecule has 15 heavy (non-hydrogen) atoms. The van der Waals surface area contributed by atoms with Gasteiger partial charge in [-0.05, 0) is 18.2 Å². The Morgan fingerprint density at radius 1 is 1.33 bits per heavy atom. The van der Waals surface area contributed by atoms with E-state index >= 15 is 0 Å². The van der Waals surface area contributed by atoms with Gasteiger partial charge in [0.25, 0.3) is 0 Å². The Kier molecular flexibility index (Phi) is 1.68. The van der Waals surface area contributed by atoms with Crippen molar-refractivity contribution in [3.63, 3.8) is 0 Å². The number of benzene rings is 1. The lowest BCUT2D eigenvalue weighted by Gasteiger charge is -2.19. The number of halogens is 1. The van der Waals surface area contributed by atoms with E-state index in [4.69, 9.17) is 4.74 Å². The Labute approximate surface area is 85.6 Å². The van der Waals surface area contributed by atoms with E-state index < -0.39 is 0 Å². The van der Waals surface area contributed by atoms with Crippen molar-refractivity contribution in [2.45, 2.75) is 0 Å². The molecule has 1 aromatic carbocycles. The monoisotopic (exact) mass is 202 g/mol. The zero-order chi connectivity index (χ0) is 10.3. The molecule has 2 aliphatic rings. The largest absolute Gasteiger partial charge is 0.464 e. The fourth-order valence-corrected chi connectivity index (χ4v) is 1.65. The summed E-state index contributed by atoms with van der Waals surface area (Å²) in [6.45, 7) is 0.391. The van der Waals surface area contributed by atoms with Gasteiger partial charge >= 0.3 is 0 Å². The van der Waals surface area contributed by atoms with Crippen LogP contribution in [0.1, 0.15) is 5.56 Å². The normalized spacial score (nSPS) is 17.1. The highest BCUT2D eigenvalue weighted by Gasteiger charge is 2.20. The van der Waals surface area contributed by atoms with Crippen molar-refractivity contribution in [2.24, 2.45) is 9.98 Å². The zero-order valence-corrected chi connectivity index (χ0v) is 7.77. The van der Waals surface area contributed by atoms with E-state index in [0.717, 1.165) is 11.3 Å². The molecule has 2 heterocycles. The van der Waals surface area contributed by atoms with Gasteiger partial charge in [0.15, 0.2) is 0 Å². The number of ether oxygens (including phenoxy) is 1. The maximum atomic E-state index is 13.1. The number of rotatable bonds is 0. The standard InChI is InChI=1S/C11H7FN2O/c12-8-1-2-10-9(3-8)11-7(5-15-10)4-13-6-14-11/h1-5H,6H2. The highest BCUT2D eigenvalue weighted by atomic mass is 19.1. The molecule has 0 saturated heterocycles. The summed E-state index contributed by atoms with van der Waals surface area (Å²) in [4.78, 5) is 8.24. The summed E-state index contributed by atoms with van der Waals surface area (Å²) in [6.07, 6.45) is 3.28. The van der Waals surface area contributed by atoms with Gasteiger partial charge in [-0.25, -0.2) is 4.39 Å². The first-order valence-electron chi connectivity index (χ1n) is 4.56. The van der Waals surface area contributed by atoms with Gasteiger partial charge in [0.05, 0.1) is 11.3 Å². The number of nitrogens with zero attached hydrogens (tertiary/aromatic N) is 2. The van der Waals surface area contributed by atoms with Crippen LogP contribution in [-0.4, -0.2) is 18.6 Å². The van der Waals surface area contributed by atoms with Crippen molar-refractivity contribution in [2.75, 3.05) is 6.67 Å². The second kappa shape index (κ2) is 3.02. The molecule has 0 aliphatic carbocycles. The van der Waals surface area contributed by atoms with Crippen LogP contribution in [0.4, 0.5) is 4.39 Å². The van der Waals surface area contributed by atoms with E-state index in [1.165, 1.54) is 12.1 Å². The number of fused-ring (bicyclic) bond motifs is 3. The Morgan fingerprint density at radius 3 is 3.20 bits per heavy atom. The van der Waals surface area contributed by atoms with Gasteiger partial charge in [0.2, 0.25) is 0 Å². The molecule has 0 unspecified atom stereocenters. The molecule has 3 nitrogen and oxygen atoms in total. The van der Waals surface area contributed by atoms with Gasteiger partial charge in [-0.3, -0.25) is 9.98 Å². The average molecular weight is 202 g/mol. The minimum absolute atomic E-state index is 0.288. The predicted octanol–water partition coefficient (Wildman–Crippen LogP) is 1.93. The number of hydrogen-bond acceptors (Lipinski definition) is 3. The Hall–Kier alpha value is -1.97. The summed E-state index contributed by atoms with van der Waals surface area (Å²) in [5.74, 6) is 0.345. The quantitative estimate of drug-likeness (QED) is 0.632. The van der Waals surface area contributed by atoms with E-state index in [0.29, 0.717) is 18.0 Å². The van der Waals surface area contributed by atoms with Crippen molar-refractivity contribution in [3.05, 3.63) is 41.4 Å². The van der Waals surface area contributed by atoms with Gasteiger partial charge < -0.3 is 4.74 Å². The second-order valence-corrected chi connectivity index (χ2v) is 3.29. The lowest BCUT2D eigenvalue weighted by Crippen LogP contribution is -2.17. The molecule has 3 rings (SSSR count). The molecule has 0 bridgehead atoms. The van der Waals surface area contributed by atoms with Crippen molar-refractivity contribution >= 4 is 11.9 Å². The minimum atomic E-state index is -0.288. The first kappa shape index (κ1) is 8.35. The molecule has 0 N–H and O–H groups in total. The fraction of sp³-hybridized carbons (Fsp3) is 0.0909.